The van der Waals surface area contributed by atoms with Crippen molar-refractivity contribution in [1.82, 2.24) is 4.98 Å². The quantitative estimate of drug-likeness (QED) is 0.515. The Morgan fingerprint density at radius 1 is 1.19 bits per heavy atom. The minimum Gasteiger partial charge on any atom is -0.497 e. The number of nitrogens with zero attached hydrogens (tertiary/aromatic N) is 2. The monoisotopic (exact) mass is 387 g/mol. The van der Waals surface area contributed by atoms with Crippen LogP contribution in [0.15, 0.2) is 68.8 Å². The van der Waals surface area contributed by atoms with Crippen molar-refractivity contribution in [1.29, 1.82) is 0 Å². The van der Waals surface area contributed by atoms with Crippen LogP contribution < -0.4 is 10.2 Å². The van der Waals surface area contributed by atoms with E-state index >= 15 is 0 Å². The largest absolute Gasteiger partial charge is 0.497 e. The first kappa shape index (κ1) is 18.1. The van der Waals surface area contributed by atoms with Gasteiger partial charge < -0.3 is 4.74 Å². The molecule has 1 heterocycles. The summed E-state index contributed by atoms with van der Waals surface area (Å²) < 4.78 is 31.2. The van der Waals surface area contributed by atoms with Crippen LogP contribution in [-0.4, -0.2) is 26.7 Å². The van der Waals surface area contributed by atoms with E-state index in [9.17, 15) is 8.42 Å². The Morgan fingerprint density at radius 3 is 2.62 bits per heavy atom. The average molecular weight is 387 g/mol. The zero-order valence-corrected chi connectivity index (χ0v) is 15.8. The SMILES string of the molecule is COc1ccc(C=NNc2nc(C)cs2)c(S(=O)(=O)c2ccccc2)c1. The molecule has 0 radical (unpaired) electrons. The van der Waals surface area contributed by atoms with Crippen LogP contribution >= 0.6 is 11.3 Å². The maximum atomic E-state index is 13.0. The Labute approximate surface area is 156 Å². The van der Waals surface area contributed by atoms with Crippen molar-refractivity contribution in [2.45, 2.75) is 16.7 Å². The number of aromatic nitrogens is 1. The molecule has 1 aromatic heterocycles. The summed E-state index contributed by atoms with van der Waals surface area (Å²) in [5.41, 5.74) is 4.16. The molecule has 0 bridgehead atoms. The highest BCUT2D eigenvalue weighted by molar-refractivity contribution is 7.91. The summed E-state index contributed by atoms with van der Waals surface area (Å²) in [5, 5.41) is 6.65. The van der Waals surface area contributed by atoms with Crippen molar-refractivity contribution in [3.05, 3.63) is 65.2 Å². The van der Waals surface area contributed by atoms with E-state index in [1.165, 1.54) is 30.7 Å². The maximum Gasteiger partial charge on any atom is 0.207 e. The predicted molar refractivity (Wildman–Crippen MR) is 103 cm³/mol. The number of hydrogen-bond donors (Lipinski definition) is 1. The number of ether oxygens (including phenoxy) is 1. The van der Waals surface area contributed by atoms with Crippen molar-refractivity contribution in [3.8, 4) is 5.75 Å². The van der Waals surface area contributed by atoms with E-state index in [1.54, 1.807) is 42.5 Å². The first-order valence-electron chi connectivity index (χ1n) is 7.70. The summed E-state index contributed by atoms with van der Waals surface area (Å²) in [6, 6.07) is 13.1. The zero-order chi connectivity index (χ0) is 18.6. The summed E-state index contributed by atoms with van der Waals surface area (Å²) in [6.45, 7) is 1.89. The maximum absolute atomic E-state index is 13.0. The van der Waals surface area contributed by atoms with Gasteiger partial charge in [0.15, 0.2) is 0 Å². The van der Waals surface area contributed by atoms with Crippen LogP contribution in [0.2, 0.25) is 0 Å². The Kier molecular flexibility index (Phi) is 5.34. The minimum absolute atomic E-state index is 0.129. The number of hydrazone groups is 1. The number of methoxy groups -OCH3 is 1. The fourth-order valence-electron chi connectivity index (χ4n) is 2.27. The van der Waals surface area contributed by atoms with E-state index in [1.807, 2.05) is 12.3 Å². The molecular formula is C18H17N3O3S2. The molecule has 0 saturated heterocycles. The molecule has 2 aromatic carbocycles. The Bertz CT molecular complexity index is 1030. The van der Waals surface area contributed by atoms with Gasteiger partial charge >= 0.3 is 0 Å². The zero-order valence-electron chi connectivity index (χ0n) is 14.2. The first-order valence-corrected chi connectivity index (χ1v) is 10.1. The van der Waals surface area contributed by atoms with Crippen LogP contribution in [0.25, 0.3) is 0 Å². The van der Waals surface area contributed by atoms with Gasteiger partial charge in [0.25, 0.3) is 0 Å². The van der Waals surface area contributed by atoms with Crippen LogP contribution in [-0.2, 0) is 9.84 Å². The fraction of sp³-hybridized carbons (Fsp3) is 0.111. The molecule has 8 heteroatoms. The molecule has 0 saturated carbocycles. The number of aryl methyl sites for hydroxylation is 1. The van der Waals surface area contributed by atoms with E-state index in [0.717, 1.165) is 5.69 Å². The number of benzene rings is 2. The van der Waals surface area contributed by atoms with Gasteiger partial charge in [-0.25, -0.2) is 13.4 Å². The van der Waals surface area contributed by atoms with Gasteiger partial charge in [0.1, 0.15) is 5.75 Å². The molecule has 3 rings (SSSR count). The topological polar surface area (TPSA) is 80.7 Å². The lowest BCUT2D eigenvalue weighted by Crippen LogP contribution is -2.06. The molecule has 0 aliphatic heterocycles. The van der Waals surface area contributed by atoms with E-state index in [4.69, 9.17) is 4.74 Å². The Morgan fingerprint density at radius 2 is 1.96 bits per heavy atom. The van der Waals surface area contributed by atoms with E-state index in [2.05, 4.69) is 15.5 Å². The standard InChI is InChI=1S/C18H17N3O3S2/c1-13-12-25-18(20-13)21-19-11-14-8-9-15(24-2)10-17(14)26(22,23)16-6-4-3-5-7-16/h3-12H,1-2H3,(H,20,21). The lowest BCUT2D eigenvalue weighted by atomic mass is 10.2. The molecule has 0 spiro atoms. The highest BCUT2D eigenvalue weighted by Crippen LogP contribution is 2.27. The van der Waals surface area contributed by atoms with Crippen molar-refractivity contribution in [2.24, 2.45) is 5.10 Å². The first-order chi connectivity index (χ1) is 12.5. The highest BCUT2D eigenvalue weighted by Gasteiger charge is 2.21. The average Bonchev–Trinajstić information content (AvgIpc) is 3.07. The van der Waals surface area contributed by atoms with E-state index in [0.29, 0.717) is 16.4 Å². The summed E-state index contributed by atoms with van der Waals surface area (Å²) in [6.07, 6.45) is 1.46. The second-order valence-corrected chi connectivity index (χ2v) is 8.16. The van der Waals surface area contributed by atoms with Gasteiger partial charge in [-0.1, -0.05) is 18.2 Å². The van der Waals surface area contributed by atoms with Gasteiger partial charge in [-0.3, -0.25) is 5.43 Å². The van der Waals surface area contributed by atoms with Crippen LogP contribution in [0.5, 0.6) is 5.75 Å². The summed E-state index contributed by atoms with van der Waals surface area (Å²) >= 11 is 1.42. The van der Waals surface area contributed by atoms with Crippen molar-refractivity contribution < 1.29 is 13.2 Å². The van der Waals surface area contributed by atoms with Crippen molar-refractivity contribution in [3.63, 3.8) is 0 Å². The van der Waals surface area contributed by atoms with Gasteiger partial charge in [0.05, 0.1) is 28.8 Å². The fourth-order valence-corrected chi connectivity index (χ4v) is 4.38. The summed E-state index contributed by atoms with van der Waals surface area (Å²) in [7, 11) is -2.21. The number of nitrogens with one attached hydrogen (secondary N) is 1. The van der Waals surface area contributed by atoms with Gasteiger partial charge in [-0.05, 0) is 37.3 Å². The Balaban J connectivity index is 1.98. The highest BCUT2D eigenvalue weighted by atomic mass is 32.2. The molecule has 6 nitrogen and oxygen atoms in total. The number of anilines is 1. The van der Waals surface area contributed by atoms with Gasteiger partial charge in [-0.15, -0.1) is 11.3 Å². The molecule has 0 unspecified atom stereocenters. The molecule has 134 valence electrons. The van der Waals surface area contributed by atoms with Crippen LogP contribution in [0, 0.1) is 6.92 Å². The molecule has 0 aliphatic carbocycles. The molecular weight excluding hydrogens is 370 g/mol. The predicted octanol–water partition coefficient (Wildman–Crippen LogP) is 3.74. The lowest BCUT2D eigenvalue weighted by Gasteiger charge is -2.10. The van der Waals surface area contributed by atoms with Crippen molar-refractivity contribution in [2.75, 3.05) is 12.5 Å². The molecule has 1 N–H and O–H groups in total. The molecule has 0 aliphatic rings. The Hall–Kier alpha value is -2.71. The molecule has 26 heavy (non-hydrogen) atoms. The van der Waals surface area contributed by atoms with E-state index in [-0.39, 0.29) is 9.79 Å². The van der Waals surface area contributed by atoms with Crippen molar-refractivity contribution >= 4 is 32.5 Å². The van der Waals surface area contributed by atoms with Crippen LogP contribution in [0.4, 0.5) is 5.13 Å². The van der Waals surface area contributed by atoms with E-state index < -0.39 is 9.84 Å². The smallest absolute Gasteiger partial charge is 0.207 e. The van der Waals surface area contributed by atoms with Gasteiger partial charge in [-0.2, -0.15) is 5.10 Å². The van der Waals surface area contributed by atoms with Gasteiger partial charge in [0, 0.05) is 10.9 Å². The van der Waals surface area contributed by atoms with Gasteiger partial charge in [0.2, 0.25) is 15.0 Å². The third-order valence-corrected chi connectivity index (χ3v) is 6.24. The summed E-state index contributed by atoms with van der Waals surface area (Å²) in [5.74, 6) is 0.458. The molecule has 3 aromatic rings. The second-order valence-electron chi connectivity index (χ2n) is 5.38. The second kappa shape index (κ2) is 7.67. The third kappa shape index (κ3) is 3.92. The summed E-state index contributed by atoms with van der Waals surface area (Å²) in [4.78, 5) is 4.59. The van der Waals surface area contributed by atoms with Crippen LogP contribution in [0.3, 0.4) is 0 Å². The van der Waals surface area contributed by atoms with Crippen LogP contribution in [0.1, 0.15) is 11.3 Å². The molecule has 0 fully saturated rings. The minimum atomic E-state index is -3.71. The number of rotatable bonds is 6. The molecule has 0 atom stereocenters. The molecule has 0 amide bonds. The number of thiazole rings is 1. The number of sulfone groups is 1. The third-order valence-electron chi connectivity index (χ3n) is 3.55. The normalized spacial score (nSPS) is 11.6. The lowest BCUT2D eigenvalue weighted by molar-refractivity contribution is 0.413. The number of hydrogen-bond acceptors (Lipinski definition) is 7.